The molecule has 134 valence electrons. The summed E-state index contributed by atoms with van der Waals surface area (Å²) in [5.74, 6) is -1.25. The van der Waals surface area contributed by atoms with Crippen molar-refractivity contribution in [1.29, 1.82) is 0 Å². The summed E-state index contributed by atoms with van der Waals surface area (Å²) in [5, 5.41) is 1.34. The van der Waals surface area contributed by atoms with Crippen LogP contribution >= 0.6 is 0 Å². The van der Waals surface area contributed by atoms with Crippen LogP contribution in [0.2, 0.25) is 0 Å². The van der Waals surface area contributed by atoms with Crippen LogP contribution in [0.25, 0.3) is 21.9 Å². The molecular formula is C21H15NO5. The monoisotopic (exact) mass is 361 g/mol. The first-order valence-electron chi connectivity index (χ1n) is 8.39. The summed E-state index contributed by atoms with van der Waals surface area (Å²) in [5.41, 5.74) is 0.575. The van der Waals surface area contributed by atoms with Gasteiger partial charge in [0.15, 0.2) is 6.10 Å². The molecule has 27 heavy (non-hydrogen) atoms. The van der Waals surface area contributed by atoms with E-state index < -0.39 is 17.7 Å². The van der Waals surface area contributed by atoms with Gasteiger partial charge in [0.05, 0.1) is 0 Å². The molecule has 0 saturated heterocycles. The quantitative estimate of drug-likeness (QED) is 0.340. The number of H-pyrrole nitrogens is 1. The Labute approximate surface area is 153 Å². The third kappa shape index (κ3) is 3.01. The lowest BCUT2D eigenvalue weighted by molar-refractivity contribution is 0.0315. The maximum Gasteiger partial charge on any atom is 0.351 e. The second-order valence-corrected chi connectivity index (χ2v) is 6.15. The van der Waals surface area contributed by atoms with Gasteiger partial charge in [-0.3, -0.25) is 4.79 Å². The lowest BCUT2D eigenvalue weighted by Crippen LogP contribution is -2.26. The maximum atomic E-state index is 12.7. The van der Waals surface area contributed by atoms with Crippen molar-refractivity contribution in [3.05, 3.63) is 82.3 Å². The molecule has 2 heterocycles. The van der Waals surface area contributed by atoms with Gasteiger partial charge in [0.25, 0.3) is 0 Å². The van der Waals surface area contributed by atoms with Crippen molar-refractivity contribution in [2.45, 2.75) is 13.0 Å². The fourth-order valence-electron chi connectivity index (χ4n) is 2.98. The SMILES string of the molecule is C[C@@H](OC(=O)c1cc2ccccc2oc1=O)C(=O)c1c[nH]c2ccccc12. The van der Waals surface area contributed by atoms with Crippen molar-refractivity contribution in [2.75, 3.05) is 0 Å². The van der Waals surface area contributed by atoms with Gasteiger partial charge in [-0.25, -0.2) is 9.59 Å². The molecule has 2 aromatic heterocycles. The summed E-state index contributed by atoms with van der Waals surface area (Å²) in [6, 6.07) is 15.6. The van der Waals surface area contributed by atoms with Crippen LogP contribution in [0.4, 0.5) is 0 Å². The Morgan fingerprint density at radius 2 is 1.78 bits per heavy atom. The van der Waals surface area contributed by atoms with E-state index in [9.17, 15) is 14.4 Å². The predicted molar refractivity (Wildman–Crippen MR) is 100.0 cm³/mol. The fraction of sp³-hybridized carbons (Fsp3) is 0.0952. The number of esters is 1. The van der Waals surface area contributed by atoms with Gasteiger partial charge in [-0.1, -0.05) is 36.4 Å². The number of hydrogen-bond donors (Lipinski definition) is 1. The van der Waals surface area contributed by atoms with Crippen molar-refractivity contribution in [2.24, 2.45) is 0 Å². The molecule has 0 unspecified atom stereocenters. The Bertz CT molecular complexity index is 1230. The number of para-hydroxylation sites is 2. The van der Waals surface area contributed by atoms with E-state index in [-0.39, 0.29) is 11.3 Å². The van der Waals surface area contributed by atoms with E-state index in [2.05, 4.69) is 4.98 Å². The van der Waals surface area contributed by atoms with Gasteiger partial charge in [-0.2, -0.15) is 0 Å². The van der Waals surface area contributed by atoms with E-state index in [4.69, 9.17) is 9.15 Å². The second-order valence-electron chi connectivity index (χ2n) is 6.15. The van der Waals surface area contributed by atoms with E-state index in [0.29, 0.717) is 16.5 Å². The van der Waals surface area contributed by atoms with Crippen LogP contribution in [0.5, 0.6) is 0 Å². The number of nitrogens with one attached hydrogen (secondary N) is 1. The molecule has 0 amide bonds. The van der Waals surface area contributed by atoms with E-state index in [0.717, 1.165) is 10.9 Å². The number of rotatable bonds is 4. The highest BCUT2D eigenvalue weighted by atomic mass is 16.5. The average Bonchev–Trinajstić information content (AvgIpc) is 3.10. The van der Waals surface area contributed by atoms with Gasteiger partial charge < -0.3 is 14.1 Å². The normalized spacial score (nSPS) is 12.2. The average molecular weight is 361 g/mol. The minimum absolute atomic E-state index is 0.243. The van der Waals surface area contributed by atoms with Gasteiger partial charge in [0.2, 0.25) is 5.78 Å². The second kappa shape index (κ2) is 6.57. The third-order valence-electron chi connectivity index (χ3n) is 4.37. The molecule has 4 rings (SSSR count). The number of hydrogen-bond acceptors (Lipinski definition) is 5. The van der Waals surface area contributed by atoms with E-state index in [1.54, 1.807) is 30.5 Å². The standard InChI is InChI=1S/C21H15NO5/c1-12(19(23)16-11-22-17-8-4-3-7-14(16)17)26-20(24)15-10-13-6-2-5-9-18(13)27-21(15)25/h2-12,22H,1H3/t12-/m1/s1. The smallest absolute Gasteiger partial charge is 0.351 e. The number of aromatic amines is 1. The summed E-state index contributed by atoms with van der Waals surface area (Å²) in [6.07, 6.45) is 0.532. The molecule has 4 aromatic rings. The molecule has 0 bridgehead atoms. The largest absolute Gasteiger partial charge is 0.450 e. The molecule has 0 fully saturated rings. The van der Waals surface area contributed by atoms with Crippen molar-refractivity contribution in [3.8, 4) is 0 Å². The van der Waals surface area contributed by atoms with Crippen molar-refractivity contribution < 1.29 is 18.7 Å². The zero-order valence-electron chi connectivity index (χ0n) is 14.4. The topological polar surface area (TPSA) is 89.4 Å². The van der Waals surface area contributed by atoms with Crippen LogP contribution in [0.1, 0.15) is 27.6 Å². The number of fused-ring (bicyclic) bond motifs is 2. The zero-order valence-corrected chi connectivity index (χ0v) is 14.4. The summed E-state index contributed by atoms with van der Waals surface area (Å²) >= 11 is 0. The number of ether oxygens (including phenoxy) is 1. The lowest BCUT2D eigenvalue weighted by atomic mass is 10.1. The van der Waals surface area contributed by atoms with Crippen molar-refractivity contribution in [3.63, 3.8) is 0 Å². The van der Waals surface area contributed by atoms with Crippen LogP contribution < -0.4 is 5.63 Å². The lowest BCUT2D eigenvalue weighted by Gasteiger charge is -2.11. The molecule has 0 aliphatic heterocycles. The Morgan fingerprint density at radius 3 is 2.63 bits per heavy atom. The number of carbonyl (C=O) groups is 2. The molecule has 1 N–H and O–H groups in total. The highest BCUT2D eigenvalue weighted by Crippen LogP contribution is 2.20. The molecule has 2 aromatic carbocycles. The Balaban J connectivity index is 1.60. The van der Waals surface area contributed by atoms with Gasteiger partial charge >= 0.3 is 11.6 Å². The molecule has 0 spiro atoms. The minimum atomic E-state index is -1.05. The molecule has 1 atom stereocenters. The van der Waals surface area contributed by atoms with E-state index >= 15 is 0 Å². The van der Waals surface area contributed by atoms with Gasteiger partial charge in [0.1, 0.15) is 11.1 Å². The third-order valence-corrected chi connectivity index (χ3v) is 4.37. The molecule has 6 heteroatoms. The number of ketones is 1. The van der Waals surface area contributed by atoms with E-state index in [1.807, 2.05) is 24.3 Å². The Hall–Kier alpha value is -3.67. The first-order valence-corrected chi connectivity index (χ1v) is 8.39. The highest BCUT2D eigenvalue weighted by Gasteiger charge is 2.24. The zero-order chi connectivity index (χ0) is 19.0. The predicted octanol–water partition coefficient (Wildman–Crippen LogP) is 3.70. The van der Waals surface area contributed by atoms with E-state index in [1.165, 1.54) is 13.0 Å². The van der Waals surface area contributed by atoms with Crippen LogP contribution in [-0.4, -0.2) is 22.8 Å². The molecule has 6 nitrogen and oxygen atoms in total. The molecule has 0 aliphatic carbocycles. The summed E-state index contributed by atoms with van der Waals surface area (Å²) in [4.78, 5) is 40.2. The van der Waals surface area contributed by atoms with Gasteiger partial charge in [-0.15, -0.1) is 0 Å². The number of benzene rings is 2. The Morgan fingerprint density at radius 1 is 1.04 bits per heavy atom. The molecule has 0 aliphatic rings. The molecule has 0 saturated carbocycles. The van der Waals surface area contributed by atoms with Gasteiger partial charge in [0, 0.05) is 28.0 Å². The van der Waals surface area contributed by atoms with Crippen molar-refractivity contribution >= 4 is 33.6 Å². The Kier molecular flexibility index (Phi) is 4.08. The van der Waals surface area contributed by atoms with Crippen LogP contribution in [0.3, 0.4) is 0 Å². The van der Waals surface area contributed by atoms with Crippen LogP contribution in [-0.2, 0) is 4.74 Å². The highest BCUT2D eigenvalue weighted by molar-refractivity contribution is 6.10. The number of carbonyl (C=O) groups excluding carboxylic acids is 2. The van der Waals surface area contributed by atoms with Crippen LogP contribution in [0.15, 0.2) is 70.0 Å². The minimum Gasteiger partial charge on any atom is -0.450 e. The fourth-order valence-corrected chi connectivity index (χ4v) is 2.98. The molecule has 0 radical (unpaired) electrons. The number of aromatic nitrogens is 1. The first kappa shape index (κ1) is 16.8. The summed E-state index contributed by atoms with van der Waals surface area (Å²) in [7, 11) is 0. The summed E-state index contributed by atoms with van der Waals surface area (Å²) in [6.45, 7) is 1.48. The van der Waals surface area contributed by atoms with Crippen LogP contribution in [0, 0.1) is 0 Å². The number of Topliss-reactive ketones (excluding diaryl/α,β-unsaturated/α-hetero) is 1. The van der Waals surface area contributed by atoms with Crippen molar-refractivity contribution in [1.82, 2.24) is 4.98 Å². The summed E-state index contributed by atoms with van der Waals surface area (Å²) < 4.78 is 10.4. The first-order chi connectivity index (χ1) is 13.0. The maximum absolute atomic E-state index is 12.7. The molecular weight excluding hydrogens is 346 g/mol. The van der Waals surface area contributed by atoms with Gasteiger partial charge in [-0.05, 0) is 25.1 Å².